The number of nitrogens with one attached hydrogen (secondary N) is 1. The first-order valence-corrected chi connectivity index (χ1v) is 14.5. The van der Waals surface area contributed by atoms with Crippen LogP contribution < -0.4 is 14.8 Å². The number of alkyl carbamates (subject to hydrolysis) is 1. The number of carbonyl (C=O) groups excluding carboxylic acids is 3. The third-order valence-corrected chi connectivity index (χ3v) is 6.49. The zero-order valence-corrected chi connectivity index (χ0v) is 26.4. The molecule has 3 aromatic rings. The third-order valence-electron chi connectivity index (χ3n) is 6.49. The number of ether oxygens (including phenoxy) is 5. The van der Waals surface area contributed by atoms with Crippen molar-refractivity contribution in [3.63, 3.8) is 0 Å². The molecule has 2 atom stereocenters. The van der Waals surface area contributed by atoms with E-state index >= 15 is 0 Å². The second kappa shape index (κ2) is 16.9. The Hall–Kier alpha value is -4.77. The summed E-state index contributed by atoms with van der Waals surface area (Å²) in [5.74, 6) is 0.0931. The van der Waals surface area contributed by atoms with Gasteiger partial charge < -0.3 is 34.1 Å². The fourth-order valence-corrected chi connectivity index (χ4v) is 4.14. The van der Waals surface area contributed by atoms with E-state index in [0.717, 1.165) is 11.1 Å². The van der Waals surface area contributed by atoms with Crippen molar-refractivity contribution in [2.45, 2.75) is 58.1 Å². The Kier molecular flexibility index (Phi) is 13.0. The van der Waals surface area contributed by atoms with E-state index in [4.69, 9.17) is 23.7 Å². The normalized spacial score (nSPS) is 12.3. The van der Waals surface area contributed by atoms with Crippen molar-refractivity contribution in [3.05, 3.63) is 95.6 Å². The molecule has 0 saturated heterocycles. The van der Waals surface area contributed by atoms with Crippen LogP contribution in [0.1, 0.15) is 37.5 Å². The van der Waals surface area contributed by atoms with Crippen LogP contribution in [0.4, 0.5) is 9.59 Å². The predicted octanol–water partition coefficient (Wildman–Crippen LogP) is 4.88. The SMILES string of the molecule is COC(=O)[C@H](Cc1ccc(OCc2ccccc2)c(OC[C@@H](CO)NC(=O)OC(C)(C)C)c1)N(C)C(=O)OCc1ccccc1. The van der Waals surface area contributed by atoms with Gasteiger partial charge in [0.05, 0.1) is 19.8 Å². The monoisotopic (exact) mass is 622 g/mol. The van der Waals surface area contributed by atoms with Gasteiger partial charge in [0.15, 0.2) is 11.5 Å². The van der Waals surface area contributed by atoms with E-state index in [9.17, 15) is 19.5 Å². The number of likely N-dealkylation sites (N-methyl/N-ethyl adjacent to an activating group) is 1. The van der Waals surface area contributed by atoms with Crippen molar-refractivity contribution < 1.29 is 43.2 Å². The Morgan fingerprint density at radius 2 is 1.47 bits per heavy atom. The van der Waals surface area contributed by atoms with Crippen molar-refractivity contribution in [2.75, 3.05) is 27.4 Å². The lowest BCUT2D eigenvalue weighted by Crippen LogP contribution is -2.44. The van der Waals surface area contributed by atoms with Gasteiger partial charge in [-0.2, -0.15) is 0 Å². The maximum atomic E-state index is 12.9. The molecule has 0 aromatic heterocycles. The molecule has 2 amide bonds. The van der Waals surface area contributed by atoms with Gasteiger partial charge in [0, 0.05) is 13.5 Å². The minimum Gasteiger partial charge on any atom is -0.487 e. The van der Waals surface area contributed by atoms with Gasteiger partial charge in [0.25, 0.3) is 0 Å². The number of amides is 2. The Bertz CT molecular complexity index is 1380. The van der Waals surface area contributed by atoms with E-state index in [1.165, 1.54) is 19.1 Å². The van der Waals surface area contributed by atoms with Crippen molar-refractivity contribution >= 4 is 18.2 Å². The fraction of sp³-hybridized carbons (Fsp3) is 0.382. The molecule has 0 spiro atoms. The number of rotatable bonds is 14. The van der Waals surface area contributed by atoms with Crippen LogP contribution in [0, 0.1) is 0 Å². The summed E-state index contributed by atoms with van der Waals surface area (Å²) >= 11 is 0. The summed E-state index contributed by atoms with van der Waals surface area (Å²) in [5, 5.41) is 12.5. The standard InChI is InChI=1S/C34H42N2O9/c1-34(2,3)45-32(39)35-27(20-37)23-43-30-19-26(16-17-29(30)42-21-24-12-8-6-9-13-24)18-28(31(38)41-5)36(4)33(40)44-22-25-14-10-7-11-15-25/h6-17,19,27-28,37H,18,20-23H2,1-5H3,(H,35,39)/t27-,28+/m1/s1. The molecule has 0 aliphatic rings. The Morgan fingerprint density at radius 1 is 0.844 bits per heavy atom. The quantitative estimate of drug-likeness (QED) is 0.191. The molecule has 242 valence electrons. The molecule has 2 N–H and O–H groups in total. The lowest BCUT2D eigenvalue weighted by Gasteiger charge is -2.26. The van der Waals surface area contributed by atoms with Gasteiger partial charge in [0.1, 0.15) is 31.5 Å². The molecule has 0 heterocycles. The third kappa shape index (κ3) is 11.7. The maximum Gasteiger partial charge on any atom is 0.410 e. The largest absolute Gasteiger partial charge is 0.487 e. The van der Waals surface area contributed by atoms with Gasteiger partial charge in [-0.1, -0.05) is 66.7 Å². The van der Waals surface area contributed by atoms with Crippen LogP contribution in [0.15, 0.2) is 78.9 Å². The first-order chi connectivity index (χ1) is 21.5. The zero-order chi connectivity index (χ0) is 32.8. The minimum absolute atomic E-state index is 0.0483. The number of benzene rings is 3. The van der Waals surface area contributed by atoms with E-state index in [0.29, 0.717) is 17.1 Å². The molecule has 0 aliphatic carbocycles. The molecule has 0 unspecified atom stereocenters. The molecule has 45 heavy (non-hydrogen) atoms. The number of hydrogen-bond donors (Lipinski definition) is 2. The van der Waals surface area contributed by atoms with Crippen LogP contribution in [0.3, 0.4) is 0 Å². The molecule has 0 fully saturated rings. The Morgan fingerprint density at radius 3 is 2.04 bits per heavy atom. The molecular weight excluding hydrogens is 580 g/mol. The second-order valence-corrected chi connectivity index (χ2v) is 11.3. The summed E-state index contributed by atoms with van der Waals surface area (Å²) in [6.07, 6.45) is -1.30. The minimum atomic E-state index is -0.999. The van der Waals surface area contributed by atoms with Gasteiger partial charge in [-0.3, -0.25) is 4.90 Å². The van der Waals surface area contributed by atoms with Crippen molar-refractivity contribution in [2.24, 2.45) is 0 Å². The van der Waals surface area contributed by atoms with Crippen LogP contribution in [0.5, 0.6) is 11.5 Å². The van der Waals surface area contributed by atoms with Crippen molar-refractivity contribution in [3.8, 4) is 11.5 Å². The molecule has 3 rings (SSSR count). The summed E-state index contributed by atoms with van der Waals surface area (Å²) < 4.78 is 27.8. The zero-order valence-electron chi connectivity index (χ0n) is 26.4. The highest BCUT2D eigenvalue weighted by Crippen LogP contribution is 2.30. The Balaban J connectivity index is 1.78. The van der Waals surface area contributed by atoms with E-state index in [1.807, 2.05) is 60.7 Å². The highest BCUT2D eigenvalue weighted by atomic mass is 16.6. The van der Waals surface area contributed by atoms with E-state index in [1.54, 1.807) is 39.0 Å². The number of methoxy groups -OCH3 is 1. The molecule has 3 aromatic carbocycles. The number of carbonyl (C=O) groups is 3. The number of aliphatic hydroxyl groups is 1. The molecule has 0 bridgehead atoms. The maximum absolute atomic E-state index is 12.9. The highest BCUT2D eigenvalue weighted by Gasteiger charge is 2.30. The number of esters is 1. The van der Waals surface area contributed by atoms with Crippen LogP contribution in [0.25, 0.3) is 0 Å². The van der Waals surface area contributed by atoms with Crippen molar-refractivity contribution in [1.29, 1.82) is 0 Å². The smallest absolute Gasteiger partial charge is 0.410 e. The van der Waals surface area contributed by atoms with Gasteiger partial charge >= 0.3 is 18.2 Å². The number of aliphatic hydroxyl groups excluding tert-OH is 1. The summed E-state index contributed by atoms with van der Waals surface area (Å²) in [7, 11) is 2.72. The van der Waals surface area contributed by atoms with Crippen LogP contribution >= 0.6 is 0 Å². The first kappa shape index (κ1) is 34.7. The van der Waals surface area contributed by atoms with E-state index in [-0.39, 0.29) is 26.2 Å². The Labute approximate surface area is 264 Å². The van der Waals surface area contributed by atoms with Gasteiger partial charge in [-0.25, -0.2) is 14.4 Å². The van der Waals surface area contributed by atoms with Gasteiger partial charge in [-0.15, -0.1) is 0 Å². The van der Waals surface area contributed by atoms with Crippen LogP contribution in [-0.2, 0) is 38.6 Å². The molecule has 0 saturated carbocycles. The second-order valence-electron chi connectivity index (χ2n) is 11.3. The molecule has 11 nitrogen and oxygen atoms in total. The highest BCUT2D eigenvalue weighted by molar-refractivity contribution is 5.81. The average Bonchev–Trinajstić information content (AvgIpc) is 3.03. The fourth-order valence-electron chi connectivity index (χ4n) is 4.14. The molecular formula is C34H42N2O9. The van der Waals surface area contributed by atoms with Crippen LogP contribution in [-0.4, -0.2) is 73.2 Å². The van der Waals surface area contributed by atoms with Gasteiger partial charge in [-0.05, 0) is 49.6 Å². The van der Waals surface area contributed by atoms with E-state index < -0.39 is 42.4 Å². The summed E-state index contributed by atoms with van der Waals surface area (Å²) in [4.78, 5) is 39.1. The lowest BCUT2D eigenvalue weighted by atomic mass is 10.0. The average molecular weight is 623 g/mol. The molecule has 11 heteroatoms. The van der Waals surface area contributed by atoms with E-state index in [2.05, 4.69) is 5.32 Å². The summed E-state index contributed by atoms with van der Waals surface area (Å²) in [6.45, 7) is 5.01. The van der Waals surface area contributed by atoms with Crippen LogP contribution in [0.2, 0.25) is 0 Å². The molecule has 0 radical (unpaired) electrons. The predicted molar refractivity (Wildman–Crippen MR) is 167 cm³/mol. The topological polar surface area (TPSA) is 133 Å². The summed E-state index contributed by atoms with van der Waals surface area (Å²) in [5.41, 5.74) is 1.67. The summed E-state index contributed by atoms with van der Waals surface area (Å²) in [6, 6.07) is 22.1. The lowest BCUT2D eigenvalue weighted by molar-refractivity contribution is -0.146. The first-order valence-electron chi connectivity index (χ1n) is 14.5. The molecule has 0 aliphatic heterocycles. The van der Waals surface area contributed by atoms with Crippen molar-refractivity contribution in [1.82, 2.24) is 10.2 Å². The number of nitrogens with zero attached hydrogens (tertiary/aromatic N) is 1. The van der Waals surface area contributed by atoms with Gasteiger partial charge in [0.2, 0.25) is 0 Å². The number of hydrogen-bond acceptors (Lipinski definition) is 9.